The van der Waals surface area contributed by atoms with Crippen LogP contribution in [0.2, 0.25) is 0 Å². The highest BCUT2D eigenvalue weighted by atomic mass is 79.9. The fourth-order valence-electron chi connectivity index (χ4n) is 1.83. The molecule has 0 bridgehead atoms. The van der Waals surface area contributed by atoms with Crippen LogP contribution < -0.4 is 0 Å². The van der Waals surface area contributed by atoms with Gasteiger partial charge in [0.1, 0.15) is 5.82 Å². The van der Waals surface area contributed by atoms with E-state index in [9.17, 15) is 9.18 Å². The fraction of sp³-hybridized carbons (Fsp3) is 0.133. The van der Waals surface area contributed by atoms with E-state index in [0.29, 0.717) is 15.6 Å². The van der Waals surface area contributed by atoms with E-state index < -0.39 is 0 Å². The molecule has 0 aliphatic carbocycles. The number of Topliss-reactive ketones (excluding diaryl/α,β-unsaturated/α-hetero) is 1. The van der Waals surface area contributed by atoms with Gasteiger partial charge >= 0.3 is 0 Å². The highest BCUT2D eigenvalue weighted by Gasteiger charge is 2.14. The fourth-order valence-corrected chi connectivity index (χ4v) is 2.85. The van der Waals surface area contributed by atoms with Gasteiger partial charge in [0, 0.05) is 16.9 Å². The summed E-state index contributed by atoms with van der Waals surface area (Å²) in [6.45, 7) is 0. The minimum Gasteiger partial charge on any atom is -0.294 e. The lowest BCUT2D eigenvalue weighted by Crippen LogP contribution is -2.06. The van der Waals surface area contributed by atoms with Crippen LogP contribution in [0.15, 0.2) is 51.8 Å². The molecule has 0 aliphatic heterocycles. The molecular formula is C15H12BrFOS. The summed E-state index contributed by atoms with van der Waals surface area (Å²) < 4.78 is 13.8. The van der Waals surface area contributed by atoms with Crippen LogP contribution in [0.3, 0.4) is 0 Å². The normalized spacial score (nSPS) is 10.5. The highest BCUT2D eigenvalue weighted by molar-refractivity contribution is 9.10. The van der Waals surface area contributed by atoms with Gasteiger partial charge in [-0.3, -0.25) is 4.79 Å². The highest BCUT2D eigenvalue weighted by Crippen LogP contribution is 2.25. The van der Waals surface area contributed by atoms with Gasteiger partial charge in [-0.1, -0.05) is 30.3 Å². The molecule has 0 saturated carbocycles. The van der Waals surface area contributed by atoms with Gasteiger partial charge < -0.3 is 0 Å². The minimum absolute atomic E-state index is 0.00347. The van der Waals surface area contributed by atoms with Crippen molar-refractivity contribution in [2.24, 2.45) is 0 Å². The van der Waals surface area contributed by atoms with E-state index in [1.807, 2.05) is 24.5 Å². The molecule has 0 radical (unpaired) electrons. The molecule has 0 aromatic heterocycles. The van der Waals surface area contributed by atoms with E-state index >= 15 is 0 Å². The molecule has 2 aromatic carbocycles. The van der Waals surface area contributed by atoms with Gasteiger partial charge in [-0.25, -0.2) is 4.39 Å². The van der Waals surface area contributed by atoms with Gasteiger partial charge in [0.15, 0.2) is 5.78 Å². The lowest BCUT2D eigenvalue weighted by molar-refractivity contribution is 0.0990. The van der Waals surface area contributed by atoms with Gasteiger partial charge in [-0.2, -0.15) is 0 Å². The number of carbonyl (C=O) groups excluding carboxylic acids is 1. The monoisotopic (exact) mass is 338 g/mol. The molecule has 19 heavy (non-hydrogen) atoms. The third kappa shape index (κ3) is 3.25. The van der Waals surface area contributed by atoms with E-state index in [0.717, 1.165) is 4.90 Å². The van der Waals surface area contributed by atoms with Crippen molar-refractivity contribution in [3.05, 3.63) is 63.9 Å². The number of halogens is 2. The molecule has 4 heteroatoms. The summed E-state index contributed by atoms with van der Waals surface area (Å²) in [6.07, 6.45) is 2.13. The number of carbonyl (C=O) groups is 1. The first kappa shape index (κ1) is 14.3. The van der Waals surface area contributed by atoms with Gasteiger partial charge in [0.2, 0.25) is 0 Å². The van der Waals surface area contributed by atoms with Crippen LogP contribution in [-0.4, -0.2) is 12.0 Å². The molecule has 0 N–H and O–H groups in total. The summed E-state index contributed by atoms with van der Waals surface area (Å²) >= 11 is 4.72. The van der Waals surface area contributed by atoms with E-state index in [1.165, 1.54) is 17.8 Å². The number of benzene rings is 2. The Bertz CT molecular complexity index is 613. The molecular weight excluding hydrogens is 327 g/mol. The Morgan fingerprint density at radius 3 is 2.68 bits per heavy atom. The Balaban J connectivity index is 2.28. The van der Waals surface area contributed by atoms with E-state index in [2.05, 4.69) is 15.9 Å². The van der Waals surface area contributed by atoms with Crippen LogP contribution in [0.25, 0.3) is 0 Å². The zero-order chi connectivity index (χ0) is 13.8. The molecule has 0 heterocycles. The van der Waals surface area contributed by atoms with Gasteiger partial charge in [-0.05, 0) is 39.9 Å². The first-order valence-electron chi connectivity index (χ1n) is 5.72. The first-order chi connectivity index (χ1) is 9.13. The summed E-state index contributed by atoms with van der Waals surface area (Å²) in [5, 5.41) is 0. The lowest BCUT2D eigenvalue weighted by Gasteiger charge is -2.08. The summed E-state index contributed by atoms with van der Waals surface area (Å²) in [6, 6.07) is 12.2. The molecule has 2 rings (SSSR count). The van der Waals surface area contributed by atoms with Crippen LogP contribution in [0.5, 0.6) is 0 Å². The zero-order valence-corrected chi connectivity index (χ0v) is 12.7. The van der Waals surface area contributed by atoms with Crippen molar-refractivity contribution in [3.63, 3.8) is 0 Å². The molecule has 0 atom stereocenters. The SMILES string of the molecule is CSc1ccccc1C(=O)Cc1cccc(F)c1Br. The van der Waals surface area contributed by atoms with E-state index in [-0.39, 0.29) is 18.0 Å². The molecule has 0 saturated heterocycles. The van der Waals surface area contributed by atoms with Gasteiger partial charge in [-0.15, -0.1) is 11.8 Å². The predicted molar refractivity (Wildman–Crippen MR) is 80.4 cm³/mol. The zero-order valence-electron chi connectivity index (χ0n) is 10.3. The third-order valence-electron chi connectivity index (χ3n) is 2.79. The van der Waals surface area contributed by atoms with Crippen LogP contribution in [-0.2, 0) is 6.42 Å². The van der Waals surface area contributed by atoms with Crippen molar-refractivity contribution < 1.29 is 9.18 Å². The maximum absolute atomic E-state index is 13.4. The van der Waals surface area contributed by atoms with Crippen molar-refractivity contribution >= 4 is 33.5 Å². The van der Waals surface area contributed by atoms with Crippen LogP contribution in [0.4, 0.5) is 4.39 Å². The Morgan fingerprint density at radius 1 is 1.21 bits per heavy atom. The predicted octanol–water partition coefficient (Wildman–Crippen LogP) is 4.74. The van der Waals surface area contributed by atoms with Crippen LogP contribution in [0, 0.1) is 5.82 Å². The molecule has 0 amide bonds. The number of hydrogen-bond donors (Lipinski definition) is 0. The summed E-state index contributed by atoms with van der Waals surface area (Å²) in [4.78, 5) is 13.2. The molecule has 0 unspecified atom stereocenters. The second kappa shape index (κ2) is 6.35. The quantitative estimate of drug-likeness (QED) is 0.591. The maximum Gasteiger partial charge on any atom is 0.168 e. The summed E-state index contributed by atoms with van der Waals surface area (Å²) in [7, 11) is 0. The first-order valence-corrected chi connectivity index (χ1v) is 7.74. The smallest absolute Gasteiger partial charge is 0.168 e. The second-order valence-corrected chi connectivity index (χ2v) is 5.65. The molecule has 98 valence electrons. The van der Waals surface area contributed by atoms with E-state index in [1.54, 1.807) is 18.2 Å². The van der Waals surface area contributed by atoms with Gasteiger partial charge in [0.25, 0.3) is 0 Å². The molecule has 1 nitrogen and oxygen atoms in total. The van der Waals surface area contributed by atoms with Crippen molar-refractivity contribution in [3.8, 4) is 0 Å². The topological polar surface area (TPSA) is 17.1 Å². The Labute approximate surface area is 124 Å². The number of thioether (sulfide) groups is 1. The summed E-state index contributed by atoms with van der Waals surface area (Å²) in [5.41, 5.74) is 1.35. The average molecular weight is 339 g/mol. The van der Waals surface area contributed by atoms with Crippen molar-refractivity contribution in [2.75, 3.05) is 6.26 Å². The van der Waals surface area contributed by atoms with E-state index in [4.69, 9.17) is 0 Å². The Hall–Kier alpha value is -1.13. The number of ketones is 1. The number of rotatable bonds is 4. The summed E-state index contributed by atoms with van der Waals surface area (Å²) in [5.74, 6) is -0.347. The largest absolute Gasteiger partial charge is 0.294 e. The minimum atomic E-state index is -0.344. The standard InChI is InChI=1S/C15H12BrFOS/c1-19-14-8-3-2-6-11(14)13(18)9-10-5-4-7-12(17)15(10)16/h2-8H,9H2,1H3. The Morgan fingerprint density at radius 2 is 1.95 bits per heavy atom. The van der Waals surface area contributed by atoms with Crippen molar-refractivity contribution in [1.29, 1.82) is 0 Å². The Kier molecular flexibility index (Phi) is 4.77. The number of hydrogen-bond acceptors (Lipinski definition) is 2. The van der Waals surface area contributed by atoms with Crippen molar-refractivity contribution in [1.82, 2.24) is 0 Å². The van der Waals surface area contributed by atoms with Gasteiger partial charge in [0.05, 0.1) is 4.47 Å². The van der Waals surface area contributed by atoms with Crippen LogP contribution in [0.1, 0.15) is 15.9 Å². The maximum atomic E-state index is 13.4. The molecule has 0 spiro atoms. The molecule has 0 fully saturated rings. The average Bonchev–Trinajstić information content (AvgIpc) is 2.43. The lowest BCUT2D eigenvalue weighted by atomic mass is 10.0. The molecule has 2 aromatic rings. The van der Waals surface area contributed by atoms with Crippen molar-refractivity contribution in [2.45, 2.75) is 11.3 Å². The molecule has 0 aliphatic rings. The van der Waals surface area contributed by atoms with Crippen LogP contribution >= 0.6 is 27.7 Å². The third-order valence-corrected chi connectivity index (χ3v) is 4.47. The second-order valence-electron chi connectivity index (χ2n) is 4.01.